The van der Waals surface area contributed by atoms with E-state index in [-0.39, 0.29) is 5.84 Å². The second-order valence-electron chi connectivity index (χ2n) is 3.62. The van der Waals surface area contributed by atoms with Crippen molar-refractivity contribution >= 4 is 11.8 Å². The van der Waals surface area contributed by atoms with E-state index in [9.17, 15) is 4.79 Å². The predicted octanol–water partition coefficient (Wildman–Crippen LogP) is 0.619. The molecular weight excluding hydrogens is 206 g/mol. The van der Waals surface area contributed by atoms with Crippen molar-refractivity contribution in [2.24, 2.45) is 11.5 Å². The molecule has 1 aromatic carbocycles. The number of aliphatic carboxylic acids is 1. The maximum Gasteiger partial charge on any atom is 0.328 e. The summed E-state index contributed by atoms with van der Waals surface area (Å²) in [7, 11) is 0. The number of carbonyl (C=O) groups is 1. The molecule has 0 aliphatic heterocycles. The number of rotatable bonds is 4. The first-order chi connectivity index (χ1) is 7.41. The summed E-state index contributed by atoms with van der Waals surface area (Å²) in [6, 6.07) is 6.37. The molecule has 5 nitrogen and oxygen atoms in total. The zero-order chi connectivity index (χ0) is 12.3. The Labute approximate surface area is 93.6 Å². The van der Waals surface area contributed by atoms with Crippen LogP contribution in [-0.2, 0) is 10.3 Å². The Morgan fingerprint density at radius 3 is 2.25 bits per heavy atom. The van der Waals surface area contributed by atoms with E-state index in [1.165, 1.54) is 0 Å². The minimum Gasteiger partial charge on any atom is -0.480 e. The highest BCUT2D eigenvalue weighted by Gasteiger charge is 2.33. The molecule has 1 aromatic rings. The van der Waals surface area contributed by atoms with E-state index in [1.54, 1.807) is 31.2 Å². The quantitative estimate of drug-likeness (QED) is 0.441. The molecule has 0 aliphatic rings. The molecule has 0 fully saturated rings. The zero-order valence-electron chi connectivity index (χ0n) is 9.03. The van der Waals surface area contributed by atoms with Gasteiger partial charge in [-0.15, -0.1) is 0 Å². The van der Waals surface area contributed by atoms with E-state index < -0.39 is 11.5 Å². The molecule has 0 heterocycles. The number of carboxylic acid groups (broad SMARTS) is 1. The fourth-order valence-corrected chi connectivity index (χ4v) is 1.43. The molecule has 0 saturated carbocycles. The topological polar surface area (TPSA) is 113 Å². The number of amidine groups is 1. The molecule has 0 saturated heterocycles. The number of hydrogen-bond acceptors (Lipinski definition) is 3. The smallest absolute Gasteiger partial charge is 0.328 e. The third-order valence-electron chi connectivity index (χ3n) is 2.65. The minimum absolute atomic E-state index is 0.0546. The van der Waals surface area contributed by atoms with Crippen LogP contribution in [0, 0.1) is 5.41 Å². The molecule has 6 N–H and O–H groups in total. The average molecular weight is 221 g/mol. The van der Waals surface area contributed by atoms with Crippen LogP contribution in [0.4, 0.5) is 0 Å². The van der Waals surface area contributed by atoms with E-state index >= 15 is 0 Å². The normalized spacial score (nSPS) is 14.1. The van der Waals surface area contributed by atoms with E-state index in [0.717, 1.165) is 0 Å². The molecule has 5 heteroatoms. The monoisotopic (exact) mass is 221 g/mol. The van der Waals surface area contributed by atoms with Gasteiger partial charge in [-0.25, -0.2) is 4.79 Å². The van der Waals surface area contributed by atoms with E-state index in [1.807, 2.05) is 0 Å². The lowest BCUT2D eigenvalue weighted by molar-refractivity contribution is -0.143. The standard InChI is InChI=1S/C11H15N3O2/c1-2-11(14,10(15)16)8-5-3-7(4-6-8)9(12)13/h3-6H,2,14H2,1H3,(H3,12,13)(H,15,16). The number of hydrogen-bond donors (Lipinski definition) is 4. The average Bonchev–Trinajstić information content (AvgIpc) is 2.27. The molecule has 0 amide bonds. The summed E-state index contributed by atoms with van der Waals surface area (Å²) < 4.78 is 0. The maximum absolute atomic E-state index is 11.1. The van der Waals surface area contributed by atoms with E-state index in [4.69, 9.17) is 22.0 Å². The zero-order valence-corrected chi connectivity index (χ0v) is 9.03. The Balaban J connectivity index is 3.14. The van der Waals surface area contributed by atoms with Crippen LogP contribution < -0.4 is 11.5 Å². The van der Waals surface area contributed by atoms with Gasteiger partial charge < -0.3 is 16.6 Å². The van der Waals surface area contributed by atoms with Gasteiger partial charge in [-0.2, -0.15) is 0 Å². The van der Waals surface area contributed by atoms with Crippen molar-refractivity contribution in [2.75, 3.05) is 0 Å². The lowest BCUT2D eigenvalue weighted by Gasteiger charge is -2.23. The molecule has 16 heavy (non-hydrogen) atoms. The first-order valence-corrected chi connectivity index (χ1v) is 4.89. The summed E-state index contributed by atoms with van der Waals surface area (Å²) in [6.07, 6.45) is 0.293. The number of nitrogens with two attached hydrogens (primary N) is 2. The second-order valence-corrected chi connectivity index (χ2v) is 3.62. The van der Waals surface area contributed by atoms with E-state index in [2.05, 4.69) is 0 Å². The minimum atomic E-state index is -1.38. The fourth-order valence-electron chi connectivity index (χ4n) is 1.43. The third-order valence-corrected chi connectivity index (χ3v) is 2.65. The molecule has 0 bridgehead atoms. The van der Waals surface area contributed by atoms with Gasteiger partial charge in [0.2, 0.25) is 0 Å². The first-order valence-electron chi connectivity index (χ1n) is 4.89. The van der Waals surface area contributed by atoms with Gasteiger partial charge in [0.15, 0.2) is 0 Å². The largest absolute Gasteiger partial charge is 0.480 e. The van der Waals surface area contributed by atoms with Crippen LogP contribution in [0.15, 0.2) is 24.3 Å². The van der Waals surface area contributed by atoms with Crippen molar-refractivity contribution < 1.29 is 9.90 Å². The number of nitrogens with one attached hydrogen (secondary N) is 1. The summed E-state index contributed by atoms with van der Waals surface area (Å²) >= 11 is 0. The Morgan fingerprint density at radius 2 is 1.94 bits per heavy atom. The molecule has 1 rings (SSSR count). The molecule has 1 atom stereocenters. The van der Waals surface area contributed by atoms with Crippen molar-refractivity contribution in [1.29, 1.82) is 5.41 Å². The van der Waals surface area contributed by atoms with Gasteiger partial charge in [-0.3, -0.25) is 5.41 Å². The molecule has 0 aliphatic carbocycles. The lowest BCUT2D eigenvalue weighted by atomic mass is 9.88. The van der Waals surface area contributed by atoms with Gasteiger partial charge in [0.25, 0.3) is 0 Å². The Bertz CT molecular complexity index is 414. The number of nitrogen functional groups attached to an aromatic ring is 1. The maximum atomic E-state index is 11.1. The van der Waals surface area contributed by atoms with Gasteiger partial charge in [0, 0.05) is 5.56 Å². The molecule has 0 aromatic heterocycles. The summed E-state index contributed by atoms with van der Waals surface area (Å²) in [6.45, 7) is 1.72. The van der Waals surface area contributed by atoms with Crippen LogP contribution in [0.25, 0.3) is 0 Å². The lowest BCUT2D eigenvalue weighted by Crippen LogP contribution is -2.44. The second kappa shape index (κ2) is 4.32. The highest BCUT2D eigenvalue weighted by atomic mass is 16.4. The molecule has 1 unspecified atom stereocenters. The van der Waals surface area contributed by atoms with Crippen molar-refractivity contribution in [3.05, 3.63) is 35.4 Å². The molecule has 0 spiro atoms. The van der Waals surface area contributed by atoms with Crippen LogP contribution >= 0.6 is 0 Å². The van der Waals surface area contributed by atoms with Crippen molar-refractivity contribution in [1.82, 2.24) is 0 Å². The fraction of sp³-hybridized carbons (Fsp3) is 0.273. The number of benzene rings is 1. The number of carboxylic acids is 1. The van der Waals surface area contributed by atoms with Crippen molar-refractivity contribution in [2.45, 2.75) is 18.9 Å². The predicted molar refractivity (Wildman–Crippen MR) is 61.3 cm³/mol. The Kier molecular flexibility index (Phi) is 3.29. The molecule has 0 radical (unpaired) electrons. The third kappa shape index (κ3) is 2.04. The SMILES string of the molecule is CCC(N)(C(=O)O)c1ccc(C(=N)N)cc1. The van der Waals surface area contributed by atoms with Gasteiger partial charge in [-0.05, 0) is 12.0 Å². The Morgan fingerprint density at radius 1 is 1.44 bits per heavy atom. The van der Waals surface area contributed by atoms with Crippen molar-refractivity contribution in [3.63, 3.8) is 0 Å². The highest BCUT2D eigenvalue weighted by Crippen LogP contribution is 2.22. The summed E-state index contributed by atoms with van der Waals surface area (Å²) in [5.74, 6) is -1.12. The molecule has 86 valence electrons. The summed E-state index contributed by atoms with van der Waals surface area (Å²) in [5.41, 5.74) is 10.8. The van der Waals surface area contributed by atoms with Crippen LogP contribution in [0.5, 0.6) is 0 Å². The van der Waals surface area contributed by atoms with Gasteiger partial charge in [-0.1, -0.05) is 31.2 Å². The molecular formula is C11H15N3O2. The van der Waals surface area contributed by atoms with Crippen LogP contribution in [0.3, 0.4) is 0 Å². The first kappa shape index (κ1) is 12.2. The van der Waals surface area contributed by atoms with E-state index in [0.29, 0.717) is 17.5 Å². The highest BCUT2D eigenvalue weighted by molar-refractivity contribution is 5.95. The van der Waals surface area contributed by atoms with Gasteiger partial charge in [0.05, 0.1) is 0 Å². The van der Waals surface area contributed by atoms with Crippen LogP contribution in [0.1, 0.15) is 24.5 Å². The Hall–Kier alpha value is -1.88. The van der Waals surface area contributed by atoms with Crippen molar-refractivity contribution in [3.8, 4) is 0 Å². The summed E-state index contributed by atoms with van der Waals surface area (Å²) in [4.78, 5) is 11.1. The van der Waals surface area contributed by atoms with Gasteiger partial charge >= 0.3 is 5.97 Å². The van der Waals surface area contributed by atoms with Gasteiger partial charge in [0.1, 0.15) is 11.4 Å². The van der Waals surface area contributed by atoms with Crippen LogP contribution in [0.2, 0.25) is 0 Å². The van der Waals surface area contributed by atoms with Crippen LogP contribution in [-0.4, -0.2) is 16.9 Å². The summed E-state index contributed by atoms with van der Waals surface area (Å²) in [5, 5.41) is 16.3.